The van der Waals surface area contributed by atoms with Crippen LogP contribution in [0.2, 0.25) is 0 Å². The molecule has 2 N–H and O–H groups in total. The normalized spacial score (nSPS) is 11.8. The van der Waals surface area contributed by atoms with Crippen molar-refractivity contribution in [1.82, 2.24) is 4.31 Å². The lowest BCUT2D eigenvalue weighted by atomic mass is 10.1. The zero-order valence-corrected chi connectivity index (χ0v) is 14.4. The van der Waals surface area contributed by atoms with E-state index in [1.54, 1.807) is 0 Å². The van der Waals surface area contributed by atoms with E-state index in [1.807, 2.05) is 6.07 Å². The summed E-state index contributed by atoms with van der Waals surface area (Å²) in [6.45, 7) is 3.60. The molecule has 0 atom stereocenters. The smallest absolute Gasteiger partial charge is 0.324 e. The number of benzene rings is 1. The maximum Gasteiger partial charge on any atom is 0.324 e. The predicted molar refractivity (Wildman–Crippen MR) is 86.6 cm³/mol. The summed E-state index contributed by atoms with van der Waals surface area (Å²) < 4.78 is 26.4. The molecule has 0 radical (unpaired) electrons. The third-order valence-corrected chi connectivity index (χ3v) is 5.42. The second-order valence-electron chi connectivity index (χ2n) is 5.56. The largest absolute Gasteiger partial charge is 0.480 e. The van der Waals surface area contributed by atoms with Gasteiger partial charge in [0, 0.05) is 25.6 Å². The van der Waals surface area contributed by atoms with Crippen LogP contribution >= 0.6 is 0 Å². The summed E-state index contributed by atoms with van der Waals surface area (Å²) in [5.41, 5.74) is -1.30. The first-order valence-corrected chi connectivity index (χ1v) is 8.48. The van der Waals surface area contributed by atoms with Crippen molar-refractivity contribution >= 4 is 27.6 Å². The van der Waals surface area contributed by atoms with Crippen LogP contribution < -0.4 is 5.32 Å². The topological polar surface area (TPSA) is 128 Å². The molecule has 0 unspecified atom stereocenters. The van der Waals surface area contributed by atoms with Crippen molar-refractivity contribution in [3.05, 3.63) is 24.3 Å². The van der Waals surface area contributed by atoms with Gasteiger partial charge in [-0.15, -0.1) is 0 Å². The fourth-order valence-electron chi connectivity index (χ4n) is 2.00. The van der Waals surface area contributed by atoms with Gasteiger partial charge >= 0.3 is 5.97 Å². The van der Waals surface area contributed by atoms with Gasteiger partial charge in [0.15, 0.2) is 0 Å². The Kier molecular flexibility index (Phi) is 6.06. The van der Waals surface area contributed by atoms with E-state index in [0.29, 0.717) is 5.69 Å². The minimum Gasteiger partial charge on any atom is -0.480 e. The number of anilines is 1. The molecular formula is C15H19N3O5S. The number of rotatable bonds is 7. The van der Waals surface area contributed by atoms with Gasteiger partial charge in [-0.05, 0) is 38.1 Å². The van der Waals surface area contributed by atoms with Crippen LogP contribution in [0.25, 0.3) is 0 Å². The first-order chi connectivity index (χ1) is 11.0. The highest BCUT2D eigenvalue weighted by molar-refractivity contribution is 7.89. The lowest BCUT2D eigenvalue weighted by Crippen LogP contribution is -2.53. The highest BCUT2D eigenvalue weighted by Gasteiger charge is 2.42. The molecule has 0 heterocycles. The average Bonchev–Trinajstić information content (AvgIpc) is 2.47. The maximum atomic E-state index is 12.8. The highest BCUT2D eigenvalue weighted by Crippen LogP contribution is 2.26. The van der Waals surface area contributed by atoms with Crippen LogP contribution in [0.15, 0.2) is 29.2 Å². The zero-order valence-electron chi connectivity index (χ0n) is 13.6. The monoisotopic (exact) mass is 353 g/mol. The van der Waals surface area contributed by atoms with E-state index in [0.717, 1.165) is 4.31 Å². The third kappa shape index (κ3) is 4.31. The number of aliphatic carboxylic acids is 1. The van der Waals surface area contributed by atoms with Gasteiger partial charge in [0.05, 0.1) is 11.0 Å². The second-order valence-corrected chi connectivity index (χ2v) is 7.42. The fraction of sp³-hybridized carbons (Fsp3) is 0.400. The first-order valence-electron chi connectivity index (χ1n) is 7.04. The lowest BCUT2D eigenvalue weighted by Gasteiger charge is -2.33. The number of carboxylic acid groups (broad SMARTS) is 1. The fourth-order valence-corrected chi connectivity index (χ4v) is 3.74. The van der Waals surface area contributed by atoms with Crippen molar-refractivity contribution in [2.24, 2.45) is 0 Å². The molecule has 1 aromatic rings. The van der Waals surface area contributed by atoms with Crippen molar-refractivity contribution < 1.29 is 23.1 Å². The molecule has 8 nitrogen and oxygen atoms in total. The Morgan fingerprint density at radius 3 is 2.25 bits per heavy atom. The van der Waals surface area contributed by atoms with Crippen molar-refractivity contribution in [2.45, 2.75) is 37.6 Å². The van der Waals surface area contributed by atoms with Crippen LogP contribution in [0.5, 0.6) is 0 Å². The molecule has 0 aromatic heterocycles. The van der Waals surface area contributed by atoms with Crippen molar-refractivity contribution in [2.75, 3.05) is 11.9 Å². The third-order valence-electron chi connectivity index (χ3n) is 3.34. The highest BCUT2D eigenvalue weighted by atomic mass is 32.2. The van der Waals surface area contributed by atoms with Crippen LogP contribution in [0.3, 0.4) is 0 Å². The summed E-state index contributed by atoms with van der Waals surface area (Å²) >= 11 is 0. The first kappa shape index (κ1) is 19.6. The Bertz CT molecular complexity index is 763. The number of nitrogens with zero attached hydrogens (tertiary/aromatic N) is 2. The molecule has 0 spiro atoms. The molecule has 1 aromatic carbocycles. The summed E-state index contributed by atoms with van der Waals surface area (Å²) in [5, 5.41) is 20.6. The Morgan fingerprint density at radius 2 is 1.83 bits per heavy atom. The van der Waals surface area contributed by atoms with Gasteiger partial charge < -0.3 is 10.4 Å². The number of nitrogens with one attached hydrogen (secondary N) is 1. The van der Waals surface area contributed by atoms with E-state index in [-0.39, 0.29) is 23.8 Å². The van der Waals surface area contributed by atoms with Crippen molar-refractivity contribution in [3.8, 4) is 6.07 Å². The quantitative estimate of drug-likeness (QED) is 0.763. The van der Waals surface area contributed by atoms with E-state index < -0.39 is 21.5 Å². The number of carboxylic acids is 1. The van der Waals surface area contributed by atoms with Crippen molar-refractivity contribution in [1.29, 1.82) is 5.26 Å². The summed E-state index contributed by atoms with van der Waals surface area (Å²) in [7, 11) is -4.13. The Morgan fingerprint density at radius 1 is 1.29 bits per heavy atom. The van der Waals surface area contributed by atoms with E-state index in [1.165, 1.54) is 45.0 Å². The molecule has 9 heteroatoms. The molecule has 0 fully saturated rings. The van der Waals surface area contributed by atoms with Crippen LogP contribution in [-0.4, -0.2) is 41.8 Å². The SMILES string of the molecule is CC(=O)Nc1ccc(S(=O)(=O)N(CCC#N)C(C)(C)C(=O)O)cc1. The Labute approximate surface area is 140 Å². The Balaban J connectivity index is 3.28. The number of carbonyl (C=O) groups excluding carboxylic acids is 1. The number of nitriles is 1. The van der Waals surface area contributed by atoms with Gasteiger partial charge in [-0.3, -0.25) is 9.59 Å². The lowest BCUT2D eigenvalue weighted by molar-refractivity contribution is -0.146. The maximum absolute atomic E-state index is 12.8. The molecule has 24 heavy (non-hydrogen) atoms. The van der Waals surface area contributed by atoms with Gasteiger partial charge in [-0.25, -0.2) is 8.42 Å². The van der Waals surface area contributed by atoms with E-state index in [4.69, 9.17) is 5.26 Å². The summed E-state index contributed by atoms with van der Waals surface area (Å²) in [5.74, 6) is -1.62. The average molecular weight is 353 g/mol. The number of amides is 1. The molecule has 1 rings (SSSR count). The molecule has 0 aliphatic rings. The standard InChI is InChI=1S/C15H19N3O5S/c1-11(19)17-12-5-7-13(8-6-12)24(22,23)18(10-4-9-16)15(2,3)14(20)21/h5-8H,4,10H2,1-3H3,(H,17,19)(H,20,21). The van der Waals surface area contributed by atoms with E-state index in [2.05, 4.69) is 5.32 Å². The molecule has 0 aliphatic carbocycles. The Hall–Kier alpha value is -2.44. The molecule has 130 valence electrons. The van der Waals surface area contributed by atoms with Gasteiger partial charge in [0.25, 0.3) is 0 Å². The van der Waals surface area contributed by atoms with Crippen LogP contribution in [0.4, 0.5) is 5.69 Å². The van der Waals surface area contributed by atoms with E-state index in [9.17, 15) is 23.1 Å². The number of hydrogen-bond donors (Lipinski definition) is 2. The molecule has 1 amide bonds. The molecule has 0 aliphatic heterocycles. The summed E-state index contributed by atoms with van der Waals surface area (Å²) in [6, 6.07) is 7.18. The van der Waals surface area contributed by atoms with Gasteiger partial charge in [0.2, 0.25) is 15.9 Å². The number of hydrogen-bond acceptors (Lipinski definition) is 5. The predicted octanol–water partition coefficient (Wildman–Crippen LogP) is 1.41. The molecule has 0 saturated heterocycles. The summed E-state index contributed by atoms with van der Waals surface area (Å²) in [6.07, 6.45) is -0.139. The van der Waals surface area contributed by atoms with Crippen LogP contribution in [0.1, 0.15) is 27.2 Å². The zero-order chi connectivity index (χ0) is 18.5. The van der Waals surface area contributed by atoms with Gasteiger partial charge in [-0.1, -0.05) is 0 Å². The summed E-state index contributed by atoms with van der Waals surface area (Å²) in [4.78, 5) is 22.3. The number of sulfonamides is 1. The van der Waals surface area contributed by atoms with Crippen molar-refractivity contribution in [3.63, 3.8) is 0 Å². The minimum absolute atomic E-state index is 0.121. The van der Waals surface area contributed by atoms with Gasteiger partial charge in [-0.2, -0.15) is 9.57 Å². The van der Waals surface area contributed by atoms with Crippen LogP contribution in [0, 0.1) is 11.3 Å². The minimum atomic E-state index is -4.13. The van der Waals surface area contributed by atoms with Crippen LogP contribution in [-0.2, 0) is 19.6 Å². The molecule has 0 bridgehead atoms. The molecule has 0 saturated carbocycles. The van der Waals surface area contributed by atoms with E-state index >= 15 is 0 Å². The number of carbonyl (C=O) groups is 2. The van der Waals surface area contributed by atoms with Gasteiger partial charge in [0.1, 0.15) is 5.54 Å². The second kappa shape index (κ2) is 7.42. The molecular weight excluding hydrogens is 334 g/mol.